The van der Waals surface area contributed by atoms with Gasteiger partial charge in [0, 0.05) is 26.7 Å². The highest BCUT2D eigenvalue weighted by molar-refractivity contribution is 5.70. The fourth-order valence-corrected chi connectivity index (χ4v) is 3.30. The molecule has 0 aliphatic carbocycles. The zero-order chi connectivity index (χ0) is 17.8. The molecule has 1 aliphatic rings. The van der Waals surface area contributed by atoms with Crippen LogP contribution in [0.1, 0.15) is 38.4 Å². The van der Waals surface area contributed by atoms with Crippen LogP contribution in [-0.2, 0) is 24.9 Å². The molecule has 8 nitrogen and oxygen atoms in total. The van der Waals surface area contributed by atoms with Crippen molar-refractivity contribution in [2.45, 2.75) is 45.7 Å². The third kappa shape index (κ3) is 3.85. The predicted octanol–water partition coefficient (Wildman–Crippen LogP) is 0.836. The lowest BCUT2D eigenvalue weighted by Crippen LogP contribution is -2.36. The smallest absolute Gasteiger partial charge is 0.329 e. The first-order chi connectivity index (χ1) is 12.1. The molecule has 3 rings (SSSR count). The summed E-state index contributed by atoms with van der Waals surface area (Å²) >= 11 is 0. The highest BCUT2D eigenvalue weighted by atomic mass is 16.5. The molecule has 1 fully saturated rings. The Morgan fingerprint density at radius 3 is 2.64 bits per heavy atom. The van der Waals surface area contributed by atoms with Crippen molar-refractivity contribution in [2.24, 2.45) is 7.05 Å². The van der Waals surface area contributed by atoms with E-state index >= 15 is 0 Å². The molecule has 138 valence electrons. The van der Waals surface area contributed by atoms with Crippen LogP contribution in [0.4, 0.5) is 0 Å². The zero-order valence-electron chi connectivity index (χ0n) is 15.1. The van der Waals surface area contributed by atoms with Gasteiger partial charge in [-0.05, 0) is 6.42 Å². The molecule has 0 bridgehead atoms. The Kier molecular flexibility index (Phi) is 5.70. The van der Waals surface area contributed by atoms with E-state index in [1.54, 1.807) is 7.05 Å². The summed E-state index contributed by atoms with van der Waals surface area (Å²) in [4.78, 5) is 33.6. The standard InChI is InChI=1S/C17H27N5O3/c1-3-4-5-6-7-22-13(12-21-8-10-25-11-9-21)18-15-14(22)16(23)19-17(24)20(15)2/h3-12H2,1-2H3,(H,19,23,24). The average Bonchev–Trinajstić information content (AvgIpc) is 2.96. The van der Waals surface area contributed by atoms with Crippen molar-refractivity contribution < 1.29 is 4.74 Å². The zero-order valence-corrected chi connectivity index (χ0v) is 15.1. The van der Waals surface area contributed by atoms with Crippen LogP contribution in [0.2, 0.25) is 0 Å². The minimum Gasteiger partial charge on any atom is -0.379 e. The minimum absolute atomic E-state index is 0.352. The molecule has 0 atom stereocenters. The number of imidazole rings is 1. The number of hydrogen-bond donors (Lipinski definition) is 1. The normalized spacial score (nSPS) is 15.9. The topological polar surface area (TPSA) is 85.2 Å². The maximum atomic E-state index is 12.4. The fourth-order valence-electron chi connectivity index (χ4n) is 3.30. The second kappa shape index (κ2) is 7.97. The van der Waals surface area contributed by atoms with E-state index in [0.29, 0.717) is 17.7 Å². The molecule has 1 N–H and O–H groups in total. The summed E-state index contributed by atoms with van der Waals surface area (Å²) in [6, 6.07) is 0. The summed E-state index contributed by atoms with van der Waals surface area (Å²) in [5.74, 6) is 0.847. The first-order valence-electron chi connectivity index (χ1n) is 9.10. The van der Waals surface area contributed by atoms with Gasteiger partial charge in [-0.25, -0.2) is 9.78 Å². The summed E-state index contributed by atoms with van der Waals surface area (Å²) in [6.45, 7) is 6.74. The monoisotopic (exact) mass is 349 g/mol. The Labute approximate surface area is 146 Å². The minimum atomic E-state index is -0.425. The van der Waals surface area contributed by atoms with Gasteiger partial charge in [-0.15, -0.1) is 0 Å². The largest absolute Gasteiger partial charge is 0.379 e. The number of aromatic nitrogens is 4. The molecule has 2 aromatic rings. The second-order valence-corrected chi connectivity index (χ2v) is 6.62. The Hall–Kier alpha value is -1.93. The lowest BCUT2D eigenvalue weighted by molar-refractivity contribution is 0.0326. The van der Waals surface area contributed by atoms with Crippen molar-refractivity contribution in [2.75, 3.05) is 26.3 Å². The van der Waals surface area contributed by atoms with Crippen LogP contribution in [0, 0.1) is 0 Å². The predicted molar refractivity (Wildman–Crippen MR) is 95.8 cm³/mol. The number of nitrogens with one attached hydrogen (secondary N) is 1. The molecule has 1 saturated heterocycles. The number of rotatable bonds is 7. The molecular weight excluding hydrogens is 322 g/mol. The highest BCUT2D eigenvalue weighted by Gasteiger charge is 2.20. The van der Waals surface area contributed by atoms with Gasteiger partial charge >= 0.3 is 5.69 Å². The van der Waals surface area contributed by atoms with Crippen LogP contribution in [0.25, 0.3) is 11.2 Å². The van der Waals surface area contributed by atoms with Crippen LogP contribution in [0.15, 0.2) is 9.59 Å². The van der Waals surface area contributed by atoms with Crippen LogP contribution >= 0.6 is 0 Å². The van der Waals surface area contributed by atoms with Crippen molar-refractivity contribution in [3.8, 4) is 0 Å². The summed E-state index contributed by atoms with van der Waals surface area (Å²) < 4.78 is 8.82. The van der Waals surface area contributed by atoms with Gasteiger partial charge in [0.2, 0.25) is 0 Å². The molecule has 0 aromatic carbocycles. The molecule has 0 amide bonds. The van der Waals surface area contributed by atoms with Gasteiger partial charge in [-0.1, -0.05) is 26.2 Å². The van der Waals surface area contributed by atoms with E-state index in [0.717, 1.165) is 51.5 Å². The third-order valence-corrected chi connectivity index (χ3v) is 4.79. The molecule has 0 radical (unpaired) electrons. The number of morpholine rings is 1. The number of unbranched alkanes of at least 4 members (excludes halogenated alkanes) is 3. The molecule has 1 aliphatic heterocycles. The maximum Gasteiger partial charge on any atom is 0.329 e. The molecule has 0 unspecified atom stereocenters. The molecule has 0 saturated carbocycles. The lowest BCUT2D eigenvalue weighted by atomic mass is 10.2. The van der Waals surface area contributed by atoms with E-state index < -0.39 is 5.69 Å². The average molecular weight is 349 g/mol. The first kappa shape index (κ1) is 17.9. The third-order valence-electron chi connectivity index (χ3n) is 4.79. The summed E-state index contributed by atoms with van der Waals surface area (Å²) in [6.07, 6.45) is 4.47. The van der Waals surface area contributed by atoms with Crippen LogP contribution in [-0.4, -0.2) is 50.3 Å². The first-order valence-corrected chi connectivity index (χ1v) is 9.10. The Morgan fingerprint density at radius 1 is 1.16 bits per heavy atom. The lowest BCUT2D eigenvalue weighted by Gasteiger charge is -2.26. The number of fused-ring (bicyclic) bond motifs is 1. The second-order valence-electron chi connectivity index (χ2n) is 6.62. The van der Waals surface area contributed by atoms with Crippen molar-refractivity contribution in [3.63, 3.8) is 0 Å². The Bertz CT molecular complexity index is 829. The van der Waals surface area contributed by atoms with Crippen molar-refractivity contribution in [1.29, 1.82) is 0 Å². The van der Waals surface area contributed by atoms with Gasteiger partial charge in [-0.2, -0.15) is 0 Å². The van der Waals surface area contributed by atoms with Gasteiger partial charge in [0.25, 0.3) is 5.56 Å². The van der Waals surface area contributed by atoms with E-state index in [1.807, 2.05) is 4.57 Å². The number of hydrogen-bond acceptors (Lipinski definition) is 5. The van der Waals surface area contributed by atoms with Gasteiger partial charge in [0.15, 0.2) is 11.2 Å². The summed E-state index contributed by atoms with van der Waals surface area (Å²) in [5.41, 5.74) is 0.190. The Balaban J connectivity index is 1.97. The van der Waals surface area contributed by atoms with E-state index in [9.17, 15) is 9.59 Å². The highest BCUT2D eigenvalue weighted by Crippen LogP contribution is 2.15. The van der Waals surface area contributed by atoms with Crippen molar-refractivity contribution in [3.05, 3.63) is 26.7 Å². The summed E-state index contributed by atoms with van der Waals surface area (Å²) in [5, 5.41) is 0. The van der Waals surface area contributed by atoms with E-state index in [-0.39, 0.29) is 5.56 Å². The molecular formula is C17H27N5O3. The van der Waals surface area contributed by atoms with Crippen molar-refractivity contribution in [1.82, 2.24) is 24.0 Å². The van der Waals surface area contributed by atoms with Gasteiger partial charge in [0.05, 0.1) is 19.8 Å². The molecule has 8 heteroatoms. The van der Waals surface area contributed by atoms with Crippen LogP contribution in [0.5, 0.6) is 0 Å². The van der Waals surface area contributed by atoms with Crippen LogP contribution < -0.4 is 11.2 Å². The van der Waals surface area contributed by atoms with Gasteiger partial charge in [0.1, 0.15) is 5.82 Å². The number of aryl methyl sites for hydroxylation is 2. The number of nitrogens with zero attached hydrogens (tertiary/aromatic N) is 4. The van der Waals surface area contributed by atoms with E-state index in [1.165, 1.54) is 17.4 Å². The van der Waals surface area contributed by atoms with E-state index in [4.69, 9.17) is 4.74 Å². The van der Waals surface area contributed by atoms with E-state index in [2.05, 4.69) is 21.8 Å². The number of aromatic amines is 1. The number of H-pyrrole nitrogens is 1. The fraction of sp³-hybridized carbons (Fsp3) is 0.706. The maximum absolute atomic E-state index is 12.4. The SMILES string of the molecule is CCCCCCn1c(CN2CCOCC2)nc2c1c(=O)[nH]c(=O)n2C. The van der Waals surface area contributed by atoms with Gasteiger partial charge < -0.3 is 9.30 Å². The molecule has 25 heavy (non-hydrogen) atoms. The van der Waals surface area contributed by atoms with Crippen molar-refractivity contribution >= 4 is 11.2 Å². The quantitative estimate of drug-likeness (QED) is 0.749. The molecule has 2 aromatic heterocycles. The molecule has 0 spiro atoms. The molecule has 3 heterocycles. The summed E-state index contributed by atoms with van der Waals surface area (Å²) in [7, 11) is 1.65. The van der Waals surface area contributed by atoms with Gasteiger partial charge in [-0.3, -0.25) is 19.2 Å². The number of ether oxygens (including phenoxy) is 1. The Morgan fingerprint density at radius 2 is 1.92 bits per heavy atom. The van der Waals surface area contributed by atoms with Crippen LogP contribution in [0.3, 0.4) is 0 Å².